The highest BCUT2D eigenvalue weighted by atomic mass is 32.1. The molecule has 0 aliphatic heterocycles. The Bertz CT molecular complexity index is 936. The molecule has 0 unspecified atom stereocenters. The Morgan fingerprint density at radius 2 is 1.81 bits per heavy atom. The van der Waals surface area contributed by atoms with Crippen LogP contribution in [0.25, 0.3) is 21.3 Å². The van der Waals surface area contributed by atoms with Gasteiger partial charge >= 0.3 is 0 Å². The minimum atomic E-state index is 0.0934. The Morgan fingerprint density at radius 1 is 1.12 bits per heavy atom. The van der Waals surface area contributed by atoms with Crippen LogP contribution in [0, 0.1) is 6.92 Å². The first-order valence-corrected chi connectivity index (χ1v) is 10.3. The van der Waals surface area contributed by atoms with Gasteiger partial charge in [-0.1, -0.05) is 50.6 Å². The number of aromatic nitrogens is 2. The third-order valence-electron chi connectivity index (χ3n) is 4.99. The molecule has 0 bridgehead atoms. The second-order valence-corrected chi connectivity index (χ2v) is 7.42. The van der Waals surface area contributed by atoms with E-state index in [-0.39, 0.29) is 5.56 Å². The van der Waals surface area contributed by atoms with Gasteiger partial charge in [0.15, 0.2) is 0 Å². The average molecular weight is 370 g/mol. The number of nitrogens with zero attached hydrogens (tertiary/aromatic N) is 3. The predicted molar refractivity (Wildman–Crippen MR) is 111 cm³/mol. The first kappa shape index (κ1) is 18.8. The molecule has 0 atom stereocenters. The molecule has 2 aromatic heterocycles. The largest absolute Gasteiger partial charge is 0.302 e. The number of hydrogen-bond acceptors (Lipinski definition) is 4. The highest BCUT2D eigenvalue weighted by molar-refractivity contribution is 7.17. The lowest BCUT2D eigenvalue weighted by molar-refractivity contribution is 0.287. The summed E-state index contributed by atoms with van der Waals surface area (Å²) >= 11 is 1.56. The van der Waals surface area contributed by atoms with Crippen LogP contribution in [0.2, 0.25) is 0 Å². The van der Waals surface area contributed by atoms with E-state index in [0.29, 0.717) is 6.54 Å². The Morgan fingerprint density at radius 3 is 2.42 bits per heavy atom. The van der Waals surface area contributed by atoms with Crippen LogP contribution in [0.1, 0.15) is 32.2 Å². The third kappa shape index (κ3) is 3.60. The summed E-state index contributed by atoms with van der Waals surface area (Å²) in [5.41, 5.74) is 3.40. The van der Waals surface area contributed by atoms with Crippen LogP contribution >= 0.6 is 11.3 Å². The third-order valence-corrected chi connectivity index (χ3v) is 5.86. The quantitative estimate of drug-likeness (QED) is 0.622. The second kappa shape index (κ2) is 8.14. The number of likely N-dealkylation sites (N-methyl/N-ethyl adjacent to an activating group) is 1. The fourth-order valence-corrected chi connectivity index (χ4v) is 4.25. The Balaban J connectivity index is 2.09. The lowest BCUT2D eigenvalue weighted by atomic mass is 10.0. The molecule has 3 aromatic rings. The fraction of sp³-hybridized carbons (Fsp3) is 0.429. The summed E-state index contributed by atoms with van der Waals surface area (Å²) in [4.78, 5) is 21.3. The molecule has 0 amide bonds. The van der Waals surface area contributed by atoms with Crippen molar-refractivity contribution in [3.05, 3.63) is 51.4 Å². The molecular formula is C21H27N3OS. The van der Waals surface area contributed by atoms with Crippen molar-refractivity contribution in [2.45, 2.75) is 40.7 Å². The van der Waals surface area contributed by atoms with Crippen molar-refractivity contribution in [3.63, 3.8) is 0 Å². The first-order valence-electron chi connectivity index (χ1n) is 9.39. The van der Waals surface area contributed by atoms with Crippen LogP contribution in [0.4, 0.5) is 0 Å². The molecule has 3 rings (SSSR count). The normalized spacial score (nSPS) is 11.6. The van der Waals surface area contributed by atoms with Gasteiger partial charge in [-0.2, -0.15) is 0 Å². The topological polar surface area (TPSA) is 38.1 Å². The number of hydrogen-bond donors (Lipinski definition) is 0. The molecule has 138 valence electrons. The first-order chi connectivity index (χ1) is 12.6. The van der Waals surface area contributed by atoms with E-state index in [1.165, 1.54) is 5.56 Å². The van der Waals surface area contributed by atoms with Gasteiger partial charge in [0, 0.05) is 30.5 Å². The van der Waals surface area contributed by atoms with E-state index in [4.69, 9.17) is 4.98 Å². The molecule has 0 aliphatic carbocycles. The maximum atomic E-state index is 13.3. The molecule has 2 heterocycles. The van der Waals surface area contributed by atoms with Crippen molar-refractivity contribution in [1.82, 2.24) is 14.5 Å². The zero-order valence-electron chi connectivity index (χ0n) is 16.1. The number of fused-ring (bicyclic) bond motifs is 1. The number of aryl methyl sites for hydroxylation is 2. The summed E-state index contributed by atoms with van der Waals surface area (Å²) in [6.45, 7) is 12.0. The second-order valence-electron chi connectivity index (χ2n) is 6.56. The maximum Gasteiger partial charge on any atom is 0.262 e. The van der Waals surface area contributed by atoms with Gasteiger partial charge in [-0.05, 0) is 25.6 Å². The average Bonchev–Trinajstić information content (AvgIpc) is 3.08. The van der Waals surface area contributed by atoms with Crippen LogP contribution in [-0.2, 0) is 13.0 Å². The highest BCUT2D eigenvalue weighted by Gasteiger charge is 2.16. The molecule has 0 radical (unpaired) electrons. The Labute approximate surface area is 159 Å². The van der Waals surface area contributed by atoms with Crippen LogP contribution in [-0.4, -0.2) is 34.1 Å². The molecule has 1 aromatic carbocycles. The van der Waals surface area contributed by atoms with Crippen molar-refractivity contribution < 1.29 is 0 Å². The van der Waals surface area contributed by atoms with Gasteiger partial charge < -0.3 is 4.90 Å². The summed E-state index contributed by atoms with van der Waals surface area (Å²) in [5.74, 6) is 0.881. The van der Waals surface area contributed by atoms with E-state index >= 15 is 0 Å². The number of rotatable bonds is 7. The molecule has 0 spiro atoms. The fourth-order valence-electron chi connectivity index (χ4n) is 3.29. The molecule has 0 saturated carbocycles. The SMILES string of the molecule is CCc1nc2scc(-c3ccc(C)cc3)c2c(=O)n1CCN(CC)CC. The summed E-state index contributed by atoms with van der Waals surface area (Å²) in [5, 5.41) is 2.83. The monoisotopic (exact) mass is 369 g/mol. The van der Waals surface area contributed by atoms with Crippen LogP contribution < -0.4 is 5.56 Å². The Hall–Kier alpha value is -1.98. The van der Waals surface area contributed by atoms with Gasteiger partial charge in [-0.15, -0.1) is 11.3 Å². The predicted octanol–water partition coefficient (Wildman–Crippen LogP) is 4.34. The van der Waals surface area contributed by atoms with Gasteiger partial charge in [0.2, 0.25) is 0 Å². The van der Waals surface area contributed by atoms with Gasteiger partial charge in [-0.25, -0.2) is 4.98 Å². The van der Waals surface area contributed by atoms with E-state index in [1.54, 1.807) is 11.3 Å². The van der Waals surface area contributed by atoms with E-state index in [9.17, 15) is 4.79 Å². The lowest BCUT2D eigenvalue weighted by Gasteiger charge is -2.19. The molecule has 0 N–H and O–H groups in total. The summed E-state index contributed by atoms with van der Waals surface area (Å²) in [7, 11) is 0. The van der Waals surface area contributed by atoms with Gasteiger partial charge in [0.25, 0.3) is 5.56 Å². The van der Waals surface area contributed by atoms with Crippen LogP contribution in [0.15, 0.2) is 34.4 Å². The zero-order chi connectivity index (χ0) is 18.7. The van der Waals surface area contributed by atoms with Crippen LogP contribution in [0.5, 0.6) is 0 Å². The van der Waals surface area contributed by atoms with Gasteiger partial charge in [-0.3, -0.25) is 9.36 Å². The molecule has 26 heavy (non-hydrogen) atoms. The molecule has 5 heteroatoms. The smallest absolute Gasteiger partial charge is 0.262 e. The summed E-state index contributed by atoms with van der Waals surface area (Å²) in [6, 6.07) is 8.35. The summed E-state index contributed by atoms with van der Waals surface area (Å²) < 4.78 is 1.88. The van der Waals surface area contributed by atoms with Crippen LogP contribution in [0.3, 0.4) is 0 Å². The maximum absolute atomic E-state index is 13.3. The zero-order valence-corrected chi connectivity index (χ0v) is 16.9. The molecule has 0 aliphatic rings. The van der Waals surface area contributed by atoms with Gasteiger partial charge in [0.1, 0.15) is 10.7 Å². The van der Waals surface area contributed by atoms with Crippen molar-refractivity contribution in [3.8, 4) is 11.1 Å². The van der Waals surface area contributed by atoms with E-state index in [0.717, 1.165) is 53.2 Å². The van der Waals surface area contributed by atoms with Crippen molar-refractivity contribution in [2.24, 2.45) is 0 Å². The van der Waals surface area contributed by atoms with Gasteiger partial charge in [0.05, 0.1) is 5.39 Å². The number of benzene rings is 1. The van der Waals surface area contributed by atoms with E-state index < -0.39 is 0 Å². The molecule has 0 fully saturated rings. The number of thiophene rings is 1. The standard InChI is InChI=1S/C21H27N3OS/c1-5-18-22-20-19(21(25)24(18)13-12-23(6-2)7-3)17(14-26-20)16-10-8-15(4)9-11-16/h8-11,14H,5-7,12-13H2,1-4H3. The lowest BCUT2D eigenvalue weighted by Crippen LogP contribution is -2.33. The Kier molecular flexibility index (Phi) is 5.89. The molecule has 4 nitrogen and oxygen atoms in total. The van der Waals surface area contributed by atoms with Crippen molar-refractivity contribution in [2.75, 3.05) is 19.6 Å². The summed E-state index contributed by atoms with van der Waals surface area (Å²) in [6.07, 6.45) is 0.765. The van der Waals surface area contributed by atoms with E-state index in [1.807, 2.05) is 4.57 Å². The van der Waals surface area contributed by atoms with E-state index in [2.05, 4.69) is 62.2 Å². The van der Waals surface area contributed by atoms with Crippen molar-refractivity contribution in [1.29, 1.82) is 0 Å². The minimum Gasteiger partial charge on any atom is -0.302 e. The molecular weight excluding hydrogens is 342 g/mol. The van der Waals surface area contributed by atoms with Crippen molar-refractivity contribution >= 4 is 21.6 Å². The highest BCUT2D eigenvalue weighted by Crippen LogP contribution is 2.31. The minimum absolute atomic E-state index is 0.0934. The molecule has 0 saturated heterocycles.